The Hall–Kier alpha value is -0.120. The topological polar surface area (TPSA) is 32.7 Å². The van der Waals surface area contributed by atoms with Crippen molar-refractivity contribution >= 4 is 0 Å². The van der Waals surface area contributed by atoms with Gasteiger partial charge in [0.2, 0.25) is 0 Å². The summed E-state index contributed by atoms with van der Waals surface area (Å²) in [6, 6.07) is 0. The summed E-state index contributed by atoms with van der Waals surface area (Å²) < 4.78 is 5.49. The van der Waals surface area contributed by atoms with E-state index in [4.69, 9.17) is 9.84 Å². The van der Waals surface area contributed by atoms with E-state index < -0.39 is 0 Å². The third kappa shape index (κ3) is 22.0. The van der Waals surface area contributed by atoms with Gasteiger partial charge in [-0.05, 0) is 25.9 Å². The molecule has 0 atom stereocenters. The molecular weight excluding hydrogens is 334 g/mol. The van der Waals surface area contributed by atoms with Gasteiger partial charge in [-0.2, -0.15) is 0 Å². The van der Waals surface area contributed by atoms with Crippen LogP contribution in [0.3, 0.4) is 0 Å². The molecule has 0 radical (unpaired) electrons. The zero-order valence-electron chi connectivity index (χ0n) is 18.9. The summed E-state index contributed by atoms with van der Waals surface area (Å²) in [5.41, 5.74) is 0. The van der Waals surface area contributed by atoms with Gasteiger partial charge >= 0.3 is 0 Å². The second-order valence-electron chi connectivity index (χ2n) is 8.13. The highest BCUT2D eigenvalue weighted by molar-refractivity contribution is 4.59. The average Bonchev–Trinajstić information content (AvgIpc) is 2.68. The molecule has 0 saturated heterocycles. The summed E-state index contributed by atoms with van der Waals surface area (Å²) >= 11 is 0. The van der Waals surface area contributed by atoms with Crippen LogP contribution >= 0.6 is 0 Å². The molecule has 0 spiro atoms. The smallest absolute Gasteiger partial charge is 0.0698 e. The van der Waals surface area contributed by atoms with Gasteiger partial charge in [0.25, 0.3) is 0 Å². The number of hydrogen-bond acceptors (Lipinski definition) is 3. The second-order valence-corrected chi connectivity index (χ2v) is 8.13. The van der Waals surface area contributed by atoms with Crippen molar-refractivity contribution in [2.45, 2.75) is 117 Å². The summed E-state index contributed by atoms with van der Waals surface area (Å²) in [7, 11) is 0. The normalized spacial score (nSPS) is 11.6. The van der Waals surface area contributed by atoms with E-state index in [1.807, 2.05) is 0 Å². The zero-order chi connectivity index (χ0) is 19.8. The Labute approximate surface area is 171 Å². The summed E-state index contributed by atoms with van der Waals surface area (Å²) in [5.74, 6) is 0. The highest BCUT2D eigenvalue weighted by atomic mass is 16.5. The highest BCUT2D eigenvalue weighted by Gasteiger charge is 2.05. The minimum atomic E-state index is 0.135. The number of nitrogens with zero attached hydrogens (tertiary/aromatic N) is 1. The van der Waals surface area contributed by atoms with Gasteiger partial charge in [-0.15, -0.1) is 0 Å². The van der Waals surface area contributed by atoms with Gasteiger partial charge in [0.15, 0.2) is 0 Å². The lowest BCUT2D eigenvalue weighted by Gasteiger charge is -2.22. The maximum Gasteiger partial charge on any atom is 0.0698 e. The van der Waals surface area contributed by atoms with Crippen LogP contribution in [-0.4, -0.2) is 49.5 Å². The van der Waals surface area contributed by atoms with Crippen LogP contribution in [0.4, 0.5) is 0 Å². The maximum absolute atomic E-state index is 8.85. The summed E-state index contributed by atoms with van der Waals surface area (Å²) in [6.45, 7) is 9.39. The Kier molecular flexibility index (Phi) is 23.8. The van der Waals surface area contributed by atoms with Crippen LogP contribution in [0.1, 0.15) is 117 Å². The summed E-state index contributed by atoms with van der Waals surface area (Å²) in [6.07, 6.45) is 22.2. The molecule has 0 aromatic rings. The molecule has 0 fully saturated rings. The van der Waals surface area contributed by atoms with Crippen LogP contribution in [0.5, 0.6) is 0 Å². The van der Waals surface area contributed by atoms with E-state index in [1.54, 1.807) is 0 Å². The minimum absolute atomic E-state index is 0.135. The first-order valence-electron chi connectivity index (χ1n) is 12.3. The zero-order valence-corrected chi connectivity index (χ0v) is 18.9. The monoisotopic (exact) mass is 385 g/mol. The Morgan fingerprint density at radius 2 is 0.926 bits per heavy atom. The Balaban J connectivity index is 3.70. The standard InChI is InChI=1S/C24H51NO2/c1-3-5-7-9-11-13-15-17-19-25(21-23-27-24-22-26)20-18-16-14-12-10-8-6-4-2/h26H,3-24H2,1-2H3. The largest absolute Gasteiger partial charge is 0.394 e. The molecule has 0 rings (SSSR count). The molecule has 27 heavy (non-hydrogen) atoms. The van der Waals surface area contributed by atoms with Crippen molar-refractivity contribution in [3.63, 3.8) is 0 Å². The Morgan fingerprint density at radius 1 is 0.519 bits per heavy atom. The van der Waals surface area contributed by atoms with Crippen LogP contribution in [0.25, 0.3) is 0 Å². The van der Waals surface area contributed by atoms with Crippen molar-refractivity contribution in [3.05, 3.63) is 0 Å². The first-order chi connectivity index (χ1) is 13.3. The molecular formula is C24H51NO2. The molecule has 0 heterocycles. The van der Waals surface area contributed by atoms with Gasteiger partial charge < -0.3 is 14.7 Å². The minimum Gasteiger partial charge on any atom is -0.394 e. The van der Waals surface area contributed by atoms with Gasteiger partial charge in [-0.1, -0.05) is 104 Å². The lowest BCUT2D eigenvalue weighted by molar-refractivity contribution is 0.0727. The van der Waals surface area contributed by atoms with Crippen molar-refractivity contribution in [2.75, 3.05) is 39.5 Å². The molecule has 0 amide bonds. The molecule has 164 valence electrons. The first kappa shape index (κ1) is 26.9. The quantitative estimate of drug-likeness (QED) is 0.202. The predicted molar refractivity (Wildman–Crippen MR) is 120 cm³/mol. The maximum atomic E-state index is 8.85. The van der Waals surface area contributed by atoms with Gasteiger partial charge in [0.05, 0.1) is 19.8 Å². The molecule has 3 heteroatoms. The van der Waals surface area contributed by atoms with Gasteiger partial charge in [-0.3, -0.25) is 0 Å². The van der Waals surface area contributed by atoms with E-state index in [0.29, 0.717) is 6.61 Å². The number of ether oxygens (including phenoxy) is 1. The lowest BCUT2D eigenvalue weighted by Crippen LogP contribution is -2.30. The molecule has 0 aromatic heterocycles. The number of aliphatic hydroxyl groups excluding tert-OH is 1. The molecule has 0 aliphatic carbocycles. The fraction of sp³-hybridized carbons (Fsp3) is 1.00. The molecule has 0 aliphatic rings. The van der Waals surface area contributed by atoms with E-state index in [0.717, 1.165) is 13.2 Å². The van der Waals surface area contributed by atoms with Crippen LogP contribution in [0, 0.1) is 0 Å². The van der Waals surface area contributed by atoms with Crippen LogP contribution in [-0.2, 0) is 4.74 Å². The Morgan fingerprint density at radius 3 is 1.33 bits per heavy atom. The van der Waals surface area contributed by atoms with Crippen LogP contribution in [0.2, 0.25) is 0 Å². The third-order valence-electron chi connectivity index (χ3n) is 5.44. The fourth-order valence-corrected chi connectivity index (χ4v) is 3.63. The van der Waals surface area contributed by atoms with Crippen LogP contribution < -0.4 is 0 Å². The Bertz CT molecular complexity index is 241. The first-order valence-corrected chi connectivity index (χ1v) is 12.3. The van der Waals surface area contributed by atoms with Crippen molar-refractivity contribution in [3.8, 4) is 0 Å². The number of hydrogen-bond donors (Lipinski definition) is 1. The van der Waals surface area contributed by atoms with Crippen molar-refractivity contribution in [2.24, 2.45) is 0 Å². The van der Waals surface area contributed by atoms with E-state index >= 15 is 0 Å². The molecule has 3 nitrogen and oxygen atoms in total. The van der Waals surface area contributed by atoms with Gasteiger partial charge in [0, 0.05) is 6.54 Å². The third-order valence-corrected chi connectivity index (χ3v) is 5.44. The van der Waals surface area contributed by atoms with E-state index in [9.17, 15) is 0 Å². The number of aliphatic hydroxyl groups is 1. The summed E-state index contributed by atoms with van der Waals surface area (Å²) in [5, 5.41) is 8.85. The SMILES string of the molecule is CCCCCCCCCCN(CCCCCCCCCC)CCOCCO. The van der Waals surface area contributed by atoms with E-state index in [2.05, 4.69) is 18.7 Å². The van der Waals surface area contributed by atoms with Crippen LogP contribution in [0.15, 0.2) is 0 Å². The number of rotatable bonds is 23. The molecule has 0 saturated carbocycles. The fourth-order valence-electron chi connectivity index (χ4n) is 3.63. The average molecular weight is 386 g/mol. The molecule has 0 aliphatic heterocycles. The molecule has 1 N–H and O–H groups in total. The van der Waals surface area contributed by atoms with Gasteiger partial charge in [0.1, 0.15) is 0 Å². The van der Waals surface area contributed by atoms with Gasteiger partial charge in [-0.25, -0.2) is 0 Å². The molecule has 0 bridgehead atoms. The lowest BCUT2D eigenvalue weighted by atomic mass is 10.1. The second kappa shape index (κ2) is 23.9. The molecule has 0 unspecified atom stereocenters. The van der Waals surface area contributed by atoms with E-state index in [1.165, 1.54) is 116 Å². The predicted octanol–water partition coefficient (Wildman–Crippen LogP) is 6.58. The van der Waals surface area contributed by atoms with Crippen molar-refractivity contribution in [1.82, 2.24) is 4.90 Å². The van der Waals surface area contributed by atoms with E-state index in [-0.39, 0.29) is 6.61 Å². The van der Waals surface area contributed by atoms with Crippen molar-refractivity contribution < 1.29 is 9.84 Å². The summed E-state index contributed by atoms with van der Waals surface area (Å²) in [4.78, 5) is 2.59. The number of unbranched alkanes of at least 4 members (excludes halogenated alkanes) is 14. The molecule has 0 aromatic carbocycles. The highest BCUT2D eigenvalue weighted by Crippen LogP contribution is 2.11. The van der Waals surface area contributed by atoms with Crippen molar-refractivity contribution in [1.29, 1.82) is 0 Å².